The minimum absolute atomic E-state index is 0.0249. The highest BCUT2D eigenvalue weighted by atomic mass is 32.2. The molecule has 0 spiro atoms. The summed E-state index contributed by atoms with van der Waals surface area (Å²) < 4.78 is 0.710. The molecule has 172 valence electrons. The highest BCUT2D eigenvalue weighted by molar-refractivity contribution is 8.01. The second-order valence-electron chi connectivity index (χ2n) is 6.99. The Hall–Kier alpha value is -3.10. The average molecular weight is 508 g/mol. The number of phenols is 1. The van der Waals surface area contributed by atoms with Crippen LogP contribution in [0.5, 0.6) is 5.75 Å². The van der Waals surface area contributed by atoms with Crippen LogP contribution in [0.25, 0.3) is 0 Å². The maximum atomic E-state index is 12.8. The van der Waals surface area contributed by atoms with Gasteiger partial charge in [-0.15, -0.1) is 22.0 Å². The molecule has 4 N–H and O–H groups in total. The van der Waals surface area contributed by atoms with E-state index in [9.17, 15) is 29.8 Å². The van der Waals surface area contributed by atoms with E-state index in [1.165, 1.54) is 64.0 Å². The number of carbonyl (C=O) groups is 3. The van der Waals surface area contributed by atoms with Crippen molar-refractivity contribution >= 4 is 58.4 Å². The summed E-state index contributed by atoms with van der Waals surface area (Å²) in [5.74, 6) is -1.89. The Labute approximate surface area is 199 Å². The molecule has 1 aromatic carbocycles. The van der Waals surface area contributed by atoms with Crippen LogP contribution in [0.15, 0.2) is 45.0 Å². The molecule has 4 rings (SSSR count). The molecule has 33 heavy (non-hydrogen) atoms. The first-order valence-corrected chi connectivity index (χ1v) is 12.3. The Morgan fingerprint density at radius 2 is 2.03 bits per heavy atom. The van der Waals surface area contributed by atoms with Crippen LogP contribution in [-0.4, -0.2) is 76.9 Å². The lowest BCUT2D eigenvalue weighted by Crippen LogP contribution is -2.71. The summed E-state index contributed by atoms with van der Waals surface area (Å²) in [7, 11) is 0. The first-order chi connectivity index (χ1) is 15.8. The molecule has 0 bridgehead atoms. The van der Waals surface area contributed by atoms with Crippen molar-refractivity contribution in [2.24, 2.45) is 5.16 Å². The second kappa shape index (κ2) is 9.41. The number of aromatic nitrogens is 2. The number of oxime groups is 1. The van der Waals surface area contributed by atoms with E-state index in [0.29, 0.717) is 21.4 Å². The van der Waals surface area contributed by atoms with Gasteiger partial charge in [-0.3, -0.25) is 14.5 Å². The lowest BCUT2D eigenvalue weighted by atomic mass is 10.0. The highest BCUT2D eigenvalue weighted by Gasteiger charge is 2.54. The topological polar surface area (TPSA) is 165 Å². The maximum absolute atomic E-state index is 12.8. The lowest BCUT2D eigenvalue weighted by molar-refractivity contribution is -0.150. The third-order valence-electron chi connectivity index (χ3n) is 4.87. The van der Waals surface area contributed by atoms with Gasteiger partial charge in [-0.25, -0.2) is 4.79 Å². The number of rotatable bonds is 7. The van der Waals surface area contributed by atoms with Gasteiger partial charge in [-0.05, 0) is 36.8 Å². The Morgan fingerprint density at radius 3 is 2.64 bits per heavy atom. The number of amides is 2. The minimum atomic E-state index is -1.22. The Morgan fingerprint density at radius 1 is 1.30 bits per heavy atom. The van der Waals surface area contributed by atoms with Gasteiger partial charge >= 0.3 is 5.97 Å². The number of β-lactam (4-membered cyclic amide) rings is 1. The number of phenolic OH excluding ortho intramolecular Hbond substituents is 1. The molecule has 1 aromatic heterocycles. The molecule has 14 heteroatoms. The highest BCUT2D eigenvalue weighted by Crippen LogP contribution is 2.41. The van der Waals surface area contributed by atoms with Gasteiger partial charge in [0.05, 0.1) is 0 Å². The van der Waals surface area contributed by atoms with E-state index in [2.05, 4.69) is 20.7 Å². The van der Waals surface area contributed by atoms with E-state index < -0.39 is 29.2 Å². The van der Waals surface area contributed by atoms with Crippen LogP contribution < -0.4 is 5.32 Å². The smallest absolute Gasteiger partial charge is 0.352 e. The fourth-order valence-corrected chi connectivity index (χ4v) is 6.64. The van der Waals surface area contributed by atoms with Gasteiger partial charge in [0.1, 0.15) is 27.9 Å². The van der Waals surface area contributed by atoms with Crippen molar-refractivity contribution in [2.45, 2.75) is 22.7 Å². The van der Waals surface area contributed by atoms with Crippen molar-refractivity contribution in [3.05, 3.63) is 46.1 Å². The number of nitrogens with zero attached hydrogens (tertiary/aromatic N) is 4. The summed E-state index contributed by atoms with van der Waals surface area (Å²) in [6.45, 7) is 1.83. The summed E-state index contributed by atoms with van der Waals surface area (Å²) in [5.41, 5.74) is 0.407. The SMILES string of the molecule is Cc1nnc(SCC2=C(C(=O)O)N3C(=O)C(NC(=O)C(=NO)c4ccc(O)cc4)[C@H]3SC2)s1. The van der Waals surface area contributed by atoms with Crippen molar-refractivity contribution in [3.8, 4) is 5.75 Å². The molecule has 2 aliphatic rings. The standard InChI is InChI=1S/C19H17N5O6S3/c1-8-21-22-19(33-8)32-7-10-6-31-17-13(16(27)24(17)14(10)18(28)29)20-15(26)12(23-30)9-2-4-11(25)5-3-9/h2-5,13,17,25,30H,6-7H2,1H3,(H,20,26)(H,28,29)/t13?,17-/m1/s1. The van der Waals surface area contributed by atoms with Crippen molar-refractivity contribution < 1.29 is 29.8 Å². The van der Waals surface area contributed by atoms with Crippen LogP contribution in [0, 0.1) is 6.92 Å². The summed E-state index contributed by atoms with van der Waals surface area (Å²) in [5, 5.41) is 42.1. The third-order valence-corrected chi connectivity index (χ3v) is 8.27. The van der Waals surface area contributed by atoms with Gasteiger partial charge < -0.3 is 20.7 Å². The van der Waals surface area contributed by atoms with Crippen molar-refractivity contribution in [1.29, 1.82) is 0 Å². The number of thioether (sulfide) groups is 2. The van der Waals surface area contributed by atoms with E-state index in [0.717, 1.165) is 5.01 Å². The van der Waals surface area contributed by atoms with Gasteiger partial charge in [0.25, 0.3) is 11.8 Å². The third kappa shape index (κ3) is 4.54. The number of hydrogen-bond donors (Lipinski definition) is 4. The van der Waals surface area contributed by atoms with Gasteiger partial charge in [0.15, 0.2) is 10.1 Å². The van der Waals surface area contributed by atoms with E-state index in [1.807, 2.05) is 6.92 Å². The Bertz CT molecular complexity index is 1180. The molecule has 2 aliphatic heterocycles. The molecule has 2 aromatic rings. The van der Waals surface area contributed by atoms with E-state index in [-0.39, 0.29) is 22.7 Å². The normalized spacial score (nSPS) is 20.3. The fraction of sp³-hybridized carbons (Fsp3) is 0.263. The van der Waals surface area contributed by atoms with Crippen LogP contribution in [-0.2, 0) is 14.4 Å². The number of aryl methyl sites for hydroxylation is 1. The minimum Gasteiger partial charge on any atom is -0.508 e. The first-order valence-electron chi connectivity index (χ1n) is 9.45. The quantitative estimate of drug-likeness (QED) is 0.141. The number of nitrogens with one attached hydrogen (secondary N) is 1. The number of fused-ring (bicyclic) bond motifs is 1. The number of aliphatic carboxylic acids is 1. The fourth-order valence-electron chi connectivity index (χ4n) is 3.34. The van der Waals surface area contributed by atoms with Gasteiger partial charge in [-0.1, -0.05) is 28.3 Å². The van der Waals surface area contributed by atoms with E-state index >= 15 is 0 Å². The van der Waals surface area contributed by atoms with Crippen molar-refractivity contribution in [3.63, 3.8) is 0 Å². The predicted octanol–water partition coefficient (Wildman–Crippen LogP) is 1.26. The van der Waals surface area contributed by atoms with Gasteiger partial charge in [0.2, 0.25) is 0 Å². The zero-order valence-electron chi connectivity index (χ0n) is 17.0. The number of hydrogen-bond acceptors (Lipinski definition) is 11. The number of carboxylic acids is 1. The molecular weight excluding hydrogens is 490 g/mol. The van der Waals surface area contributed by atoms with Crippen LogP contribution in [0.3, 0.4) is 0 Å². The monoisotopic (exact) mass is 507 g/mol. The number of carbonyl (C=O) groups excluding carboxylic acids is 2. The molecule has 3 heterocycles. The summed E-state index contributed by atoms with van der Waals surface area (Å²) >= 11 is 4.10. The zero-order chi connectivity index (χ0) is 23.7. The molecule has 0 radical (unpaired) electrons. The Kier molecular flexibility index (Phi) is 6.58. The first kappa shape index (κ1) is 23.1. The van der Waals surface area contributed by atoms with Crippen LogP contribution in [0.4, 0.5) is 0 Å². The number of carboxylic acid groups (broad SMARTS) is 1. The molecule has 1 saturated heterocycles. The van der Waals surface area contributed by atoms with Crippen LogP contribution in [0.1, 0.15) is 10.6 Å². The molecular formula is C19H17N5O6S3. The molecule has 11 nitrogen and oxygen atoms in total. The van der Waals surface area contributed by atoms with Crippen LogP contribution in [0.2, 0.25) is 0 Å². The Balaban J connectivity index is 1.47. The van der Waals surface area contributed by atoms with Crippen LogP contribution >= 0.6 is 34.9 Å². The molecule has 0 saturated carbocycles. The predicted molar refractivity (Wildman–Crippen MR) is 121 cm³/mol. The van der Waals surface area contributed by atoms with E-state index in [4.69, 9.17) is 0 Å². The summed E-state index contributed by atoms with van der Waals surface area (Å²) in [6, 6.07) is 4.47. The average Bonchev–Trinajstić information content (AvgIpc) is 3.22. The van der Waals surface area contributed by atoms with Crippen molar-refractivity contribution in [1.82, 2.24) is 20.4 Å². The molecule has 2 atom stereocenters. The second-order valence-corrected chi connectivity index (χ2v) is 10.5. The lowest BCUT2D eigenvalue weighted by Gasteiger charge is -2.49. The van der Waals surface area contributed by atoms with Gasteiger partial charge in [-0.2, -0.15) is 0 Å². The maximum Gasteiger partial charge on any atom is 0.352 e. The summed E-state index contributed by atoms with van der Waals surface area (Å²) in [4.78, 5) is 38.6. The molecule has 2 amide bonds. The molecule has 1 unspecified atom stereocenters. The zero-order valence-corrected chi connectivity index (χ0v) is 19.4. The molecule has 1 fully saturated rings. The molecule has 0 aliphatic carbocycles. The number of benzene rings is 1. The summed E-state index contributed by atoms with van der Waals surface area (Å²) in [6.07, 6.45) is 0. The van der Waals surface area contributed by atoms with Crippen molar-refractivity contribution in [2.75, 3.05) is 11.5 Å². The van der Waals surface area contributed by atoms with Gasteiger partial charge in [0, 0.05) is 17.1 Å². The largest absolute Gasteiger partial charge is 0.508 e. The number of aromatic hydroxyl groups is 1. The van der Waals surface area contributed by atoms with E-state index in [1.54, 1.807) is 0 Å².